The molecule has 1 aromatic rings. The number of anilines is 1. The monoisotopic (exact) mass is 293 g/mol. The highest BCUT2D eigenvalue weighted by Crippen LogP contribution is 2.29. The maximum absolute atomic E-state index is 11.2. The molecule has 0 bridgehead atoms. The van der Waals surface area contributed by atoms with Gasteiger partial charge in [0.25, 0.3) is 5.69 Å². The smallest absolute Gasteiger partial charge is 0.332 e. The third-order valence-electron chi connectivity index (χ3n) is 2.94. The Morgan fingerprint density at radius 2 is 2.19 bits per heavy atom. The van der Waals surface area contributed by atoms with Crippen LogP contribution < -0.4 is 16.1 Å². The molecule has 21 heavy (non-hydrogen) atoms. The SMILES string of the molecule is NC(=O)NN=Cc1ccc(N2CCOCC2)c([N+](=O)[O-])c1. The zero-order chi connectivity index (χ0) is 15.2. The third kappa shape index (κ3) is 3.89. The van der Waals surface area contributed by atoms with Gasteiger partial charge in [-0.3, -0.25) is 10.1 Å². The van der Waals surface area contributed by atoms with Gasteiger partial charge in [-0.1, -0.05) is 6.07 Å². The highest BCUT2D eigenvalue weighted by Gasteiger charge is 2.21. The summed E-state index contributed by atoms with van der Waals surface area (Å²) in [5.41, 5.74) is 7.92. The normalized spacial score (nSPS) is 15.1. The van der Waals surface area contributed by atoms with E-state index in [9.17, 15) is 14.9 Å². The highest BCUT2D eigenvalue weighted by molar-refractivity contribution is 5.84. The molecule has 0 aromatic heterocycles. The summed E-state index contributed by atoms with van der Waals surface area (Å²) in [6.07, 6.45) is 1.29. The van der Waals surface area contributed by atoms with Crippen molar-refractivity contribution >= 4 is 23.6 Å². The molecule has 1 aromatic carbocycles. The van der Waals surface area contributed by atoms with Gasteiger partial charge in [-0.15, -0.1) is 0 Å². The lowest BCUT2D eigenvalue weighted by Gasteiger charge is -2.28. The summed E-state index contributed by atoms with van der Waals surface area (Å²) in [7, 11) is 0. The summed E-state index contributed by atoms with van der Waals surface area (Å²) < 4.78 is 5.24. The number of morpholine rings is 1. The van der Waals surface area contributed by atoms with Crippen LogP contribution in [0.2, 0.25) is 0 Å². The van der Waals surface area contributed by atoms with E-state index in [-0.39, 0.29) is 5.69 Å². The summed E-state index contributed by atoms with van der Waals surface area (Å²) in [4.78, 5) is 23.2. The zero-order valence-electron chi connectivity index (χ0n) is 11.2. The second kappa shape index (κ2) is 6.66. The van der Waals surface area contributed by atoms with Crippen molar-refractivity contribution in [2.24, 2.45) is 10.8 Å². The summed E-state index contributed by atoms with van der Waals surface area (Å²) in [6.45, 7) is 2.31. The fourth-order valence-corrected chi connectivity index (χ4v) is 2.01. The molecule has 0 unspecified atom stereocenters. The number of urea groups is 1. The molecule has 1 fully saturated rings. The fraction of sp³-hybridized carbons (Fsp3) is 0.333. The lowest BCUT2D eigenvalue weighted by atomic mass is 10.1. The molecule has 2 rings (SSSR count). The van der Waals surface area contributed by atoms with Crippen LogP contribution in [-0.4, -0.2) is 43.5 Å². The predicted molar refractivity (Wildman–Crippen MR) is 76.4 cm³/mol. The molecule has 1 heterocycles. The van der Waals surface area contributed by atoms with Crippen molar-refractivity contribution in [1.29, 1.82) is 0 Å². The van der Waals surface area contributed by atoms with Crippen molar-refractivity contribution in [3.05, 3.63) is 33.9 Å². The largest absolute Gasteiger partial charge is 0.378 e. The molecule has 0 atom stereocenters. The second-order valence-electron chi connectivity index (χ2n) is 4.34. The molecule has 112 valence electrons. The van der Waals surface area contributed by atoms with Crippen LogP contribution >= 0.6 is 0 Å². The fourth-order valence-electron chi connectivity index (χ4n) is 2.01. The maximum Gasteiger partial charge on any atom is 0.332 e. The third-order valence-corrected chi connectivity index (χ3v) is 2.94. The molecular formula is C12H15N5O4. The van der Waals surface area contributed by atoms with Gasteiger partial charge < -0.3 is 15.4 Å². The molecule has 1 aliphatic rings. The average molecular weight is 293 g/mol. The van der Waals surface area contributed by atoms with Crippen molar-refractivity contribution < 1.29 is 14.5 Å². The number of rotatable bonds is 4. The van der Waals surface area contributed by atoms with Gasteiger partial charge in [0, 0.05) is 24.7 Å². The number of nitro groups is 1. The van der Waals surface area contributed by atoms with Crippen molar-refractivity contribution in [1.82, 2.24) is 5.43 Å². The number of nitrogens with two attached hydrogens (primary N) is 1. The van der Waals surface area contributed by atoms with Crippen LogP contribution in [0.4, 0.5) is 16.2 Å². The topological polar surface area (TPSA) is 123 Å². The standard InChI is InChI=1S/C12H15N5O4/c13-12(18)15-14-8-9-1-2-10(11(7-9)17(19)20)16-3-5-21-6-4-16/h1-2,7-8H,3-6H2,(H3,13,15,18). The van der Waals surface area contributed by atoms with E-state index in [1.807, 2.05) is 10.3 Å². The highest BCUT2D eigenvalue weighted by atomic mass is 16.6. The number of carbonyl (C=O) groups excluding carboxylic acids is 1. The number of nitrogens with zero attached hydrogens (tertiary/aromatic N) is 3. The minimum atomic E-state index is -0.800. The minimum absolute atomic E-state index is 0.0140. The van der Waals surface area contributed by atoms with Crippen LogP contribution in [0.3, 0.4) is 0 Å². The van der Waals surface area contributed by atoms with Crippen LogP contribution in [0.1, 0.15) is 5.56 Å². The number of primary amides is 1. The Hall–Kier alpha value is -2.68. The van der Waals surface area contributed by atoms with Crippen LogP contribution in [0.25, 0.3) is 0 Å². The summed E-state index contributed by atoms with van der Waals surface area (Å²) in [5, 5.41) is 14.8. The van der Waals surface area contributed by atoms with Gasteiger partial charge in [0.1, 0.15) is 5.69 Å². The van der Waals surface area contributed by atoms with Crippen LogP contribution in [0.5, 0.6) is 0 Å². The second-order valence-corrected chi connectivity index (χ2v) is 4.34. The number of nitro benzene ring substituents is 1. The Bertz CT molecular complexity index is 569. The molecular weight excluding hydrogens is 278 g/mol. The molecule has 0 saturated carbocycles. The van der Waals surface area contributed by atoms with Gasteiger partial charge in [0.15, 0.2) is 0 Å². The first-order valence-corrected chi connectivity index (χ1v) is 6.27. The van der Waals surface area contributed by atoms with E-state index in [1.54, 1.807) is 12.1 Å². The quantitative estimate of drug-likeness (QED) is 0.473. The average Bonchev–Trinajstić information content (AvgIpc) is 2.47. The van der Waals surface area contributed by atoms with Crippen LogP contribution in [0, 0.1) is 10.1 Å². The van der Waals surface area contributed by atoms with Gasteiger partial charge in [-0.2, -0.15) is 5.10 Å². The van der Waals surface area contributed by atoms with E-state index in [4.69, 9.17) is 10.5 Å². The van der Waals surface area contributed by atoms with E-state index in [0.29, 0.717) is 37.6 Å². The van der Waals surface area contributed by atoms with E-state index in [2.05, 4.69) is 5.10 Å². The van der Waals surface area contributed by atoms with E-state index in [1.165, 1.54) is 12.3 Å². The molecule has 1 saturated heterocycles. The summed E-state index contributed by atoms with van der Waals surface area (Å²) in [6, 6.07) is 3.95. The molecule has 0 spiro atoms. The molecule has 0 aliphatic carbocycles. The van der Waals surface area contributed by atoms with E-state index in [0.717, 1.165) is 0 Å². The molecule has 9 heteroatoms. The number of hydrogen-bond acceptors (Lipinski definition) is 6. The Kier molecular flexibility index (Phi) is 4.67. The number of carbonyl (C=O) groups is 1. The first-order valence-electron chi connectivity index (χ1n) is 6.27. The lowest BCUT2D eigenvalue weighted by molar-refractivity contribution is -0.384. The number of hydrogen-bond donors (Lipinski definition) is 2. The minimum Gasteiger partial charge on any atom is -0.378 e. The van der Waals surface area contributed by atoms with Gasteiger partial charge in [0.05, 0.1) is 24.4 Å². The first-order chi connectivity index (χ1) is 10.1. The Labute approximate surface area is 120 Å². The van der Waals surface area contributed by atoms with Crippen molar-refractivity contribution in [3.8, 4) is 0 Å². The summed E-state index contributed by atoms with van der Waals surface area (Å²) >= 11 is 0. The zero-order valence-corrected chi connectivity index (χ0v) is 11.2. The number of hydrazone groups is 1. The van der Waals surface area contributed by atoms with Crippen molar-refractivity contribution in [2.45, 2.75) is 0 Å². The number of ether oxygens (including phenoxy) is 1. The van der Waals surface area contributed by atoms with E-state index >= 15 is 0 Å². The lowest BCUT2D eigenvalue weighted by Crippen LogP contribution is -2.36. The first kappa shape index (κ1) is 14.7. The maximum atomic E-state index is 11.2. The molecule has 1 aliphatic heterocycles. The van der Waals surface area contributed by atoms with Crippen LogP contribution in [-0.2, 0) is 4.74 Å². The van der Waals surface area contributed by atoms with Gasteiger partial charge in [-0.05, 0) is 6.07 Å². The Morgan fingerprint density at radius 1 is 1.48 bits per heavy atom. The number of nitrogens with one attached hydrogen (secondary N) is 1. The predicted octanol–water partition coefficient (Wildman–Crippen LogP) is 0.434. The van der Waals surface area contributed by atoms with E-state index < -0.39 is 11.0 Å². The Balaban J connectivity index is 2.24. The summed E-state index contributed by atoms with van der Waals surface area (Å²) in [5.74, 6) is 0. The number of benzene rings is 1. The van der Waals surface area contributed by atoms with Crippen LogP contribution in [0.15, 0.2) is 23.3 Å². The molecule has 2 amide bonds. The molecule has 3 N–H and O–H groups in total. The van der Waals surface area contributed by atoms with Crippen molar-refractivity contribution in [3.63, 3.8) is 0 Å². The van der Waals surface area contributed by atoms with Crippen molar-refractivity contribution in [2.75, 3.05) is 31.2 Å². The molecule has 9 nitrogen and oxygen atoms in total. The van der Waals surface area contributed by atoms with Gasteiger partial charge >= 0.3 is 6.03 Å². The number of amides is 2. The molecule has 0 radical (unpaired) electrons. The van der Waals surface area contributed by atoms with Gasteiger partial charge in [0.2, 0.25) is 0 Å². The Morgan fingerprint density at radius 3 is 2.81 bits per heavy atom. The van der Waals surface area contributed by atoms with Gasteiger partial charge in [-0.25, -0.2) is 10.2 Å².